The predicted octanol–water partition coefficient (Wildman–Crippen LogP) is 1.42. The monoisotopic (exact) mass is 189 g/mol. The third-order valence-corrected chi connectivity index (χ3v) is 3.26. The summed E-state index contributed by atoms with van der Waals surface area (Å²) in [5.74, 6) is 0.506. The number of piperidine rings is 1. The molecule has 74 valence electrons. The zero-order valence-corrected chi connectivity index (χ0v) is 8.20. The number of allylic oxidation sites excluding steroid dienone is 3. The molecule has 0 spiro atoms. The summed E-state index contributed by atoms with van der Waals surface area (Å²) in [5, 5.41) is 3.42. The molecule has 1 fully saturated rings. The summed E-state index contributed by atoms with van der Waals surface area (Å²) in [5.41, 5.74) is 2.98. The third-order valence-electron chi connectivity index (χ3n) is 3.26. The van der Waals surface area contributed by atoms with Crippen molar-refractivity contribution in [2.45, 2.75) is 12.5 Å². The van der Waals surface area contributed by atoms with E-state index >= 15 is 0 Å². The van der Waals surface area contributed by atoms with Gasteiger partial charge in [-0.3, -0.25) is 0 Å². The first kappa shape index (κ1) is 8.45. The highest BCUT2D eigenvalue weighted by Gasteiger charge is 2.30. The number of nitrogens with one attached hydrogen (secondary N) is 1. The van der Waals surface area contributed by atoms with Gasteiger partial charge in [-0.05, 0) is 24.1 Å². The molecule has 1 aliphatic carbocycles. The van der Waals surface area contributed by atoms with Crippen LogP contribution in [0.25, 0.3) is 0 Å². The van der Waals surface area contributed by atoms with Crippen LogP contribution in [0.3, 0.4) is 0 Å². The van der Waals surface area contributed by atoms with Crippen LogP contribution in [0, 0.1) is 5.92 Å². The molecule has 2 heteroatoms. The average molecular weight is 189 g/mol. The van der Waals surface area contributed by atoms with E-state index in [0.717, 1.165) is 26.1 Å². The fraction of sp³-hybridized carbons (Fsp3) is 0.500. The largest absolute Gasteiger partial charge is 0.373 e. The van der Waals surface area contributed by atoms with Crippen molar-refractivity contribution >= 4 is 0 Å². The van der Waals surface area contributed by atoms with Crippen LogP contribution in [0.15, 0.2) is 35.5 Å². The third kappa shape index (κ3) is 1.26. The van der Waals surface area contributed by atoms with E-state index in [1.807, 2.05) is 0 Å². The lowest BCUT2D eigenvalue weighted by Gasteiger charge is -2.36. The molecule has 0 aromatic carbocycles. The molecule has 0 saturated carbocycles. The highest BCUT2D eigenvalue weighted by molar-refractivity contribution is 5.41. The summed E-state index contributed by atoms with van der Waals surface area (Å²) in [7, 11) is 0. The number of rotatable bonds is 0. The highest BCUT2D eigenvalue weighted by atomic mass is 16.5. The minimum atomic E-state index is 0.388. The molecule has 1 saturated heterocycles. The molecular formula is C12H15NO. The van der Waals surface area contributed by atoms with Gasteiger partial charge in [-0.2, -0.15) is 0 Å². The van der Waals surface area contributed by atoms with Gasteiger partial charge in [0.05, 0.1) is 12.7 Å². The second kappa shape index (κ2) is 3.37. The van der Waals surface area contributed by atoms with E-state index in [1.54, 1.807) is 0 Å². The molecule has 0 aromatic heterocycles. The predicted molar refractivity (Wildman–Crippen MR) is 56.0 cm³/mol. The van der Waals surface area contributed by atoms with Crippen LogP contribution in [-0.2, 0) is 4.74 Å². The smallest absolute Gasteiger partial charge is 0.0815 e. The van der Waals surface area contributed by atoms with Gasteiger partial charge in [0.2, 0.25) is 0 Å². The zero-order valence-electron chi connectivity index (χ0n) is 8.20. The molecule has 2 aliphatic heterocycles. The van der Waals surface area contributed by atoms with Crippen molar-refractivity contribution in [3.63, 3.8) is 0 Å². The van der Waals surface area contributed by atoms with Crippen LogP contribution in [0.2, 0.25) is 0 Å². The van der Waals surface area contributed by atoms with E-state index in [2.05, 4.69) is 29.6 Å². The molecule has 2 nitrogen and oxygen atoms in total. The standard InChI is InChI=1S/C12H15NO/c1-2-4-10-9(3-1)8-14-12-5-6-13-7-11(10)12/h1-4,9,12-13H,5-8H2. The van der Waals surface area contributed by atoms with Crippen molar-refractivity contribution in [2.75, 3.05) is 19.7 Å². The second-order valence-electron chi connectivity index (χ2n) is 4.12. The Bertz CT molecular complexity index is 327. The van der Waals surface area contributed by atoms with Crippen LogP contribution in [0.1, 0.15) is 6.42 Å². The van der Waals surface area contributed by atoms with Crippen LogP contribution < -0.4 is 5.32 Å². The maximum absolute atomic E-state index is 5.87. The minimum absolute atomic E-state index is 0.388. The van der Waals surface area contributed by atoms with Crippen molar-refractivity contribution in [3.8, 4) is 0 Å². The van der Waals surface area contributed by atoms with E-state index in [4.69, 9.17) is 4.74 Å². The number of hydrogen-bond acceptors (Lipinski definition) is 2. The topological polar surface area (TPSA) is 21.3 Å². The van der Waals surface area contributed by atoms with Crippen molar-refractivity contribution in [1.29, 1.82) is 0 Å². The number of ether oxygens (including phenoxy) is 1. The molecule has 0 bridgehead atoms. The van der Waals surface area contributed by atoms with Gasteiger partial charge in [0.1, 0.15) is 0 Å². The lowest BCUT2D eigenvalue weighted by Crippen LogP contribution is -2.40. The Morgan fingerprint density at radius 2 is 2.36 bits per heavy atom. The van der Waals surface area contributed by atoms with Gasteiger partial charge in [0.15, 0.2) is 0 Å². The first-order valence-corrected chi connectivity index (χ1v) is 5.35. The molecule has 3 aliphatic rings. The lowest BCUT2D eigenvalue weighted by atomic mass is 9.84. The van der Waals surface area contributed by atoms with Gasteiger partial charge in [-0.15, -0.1) is 0 Å². The molecule has 2 heterocycles. The van der Waals surface area contributed by atoms with Gasteiger partial charge in [0.25, 0.3) is 0 Å². The molecule has 2 atom stereocenters. The Balaban J connectivity index is 2.00. The first-order valence-electron chi connectivity index (χ1n) is 5.35. The fourth-order valence-corrected chi connectivity index (χ4v) is 2.51. The molecule has 0 aromatic rings. The Kier molecular flexibility index (Phi) is 2.03. The summed E-state index contributed by atoms with van der Waals surface area (Å²) in [6, 6.07) is 0. The van der Waals surface area contributed by atoms with Crippen LogP contribution in [-0.4, -0.2) is 25.8 Å². The van der Waals surface area contributed by atoms with Crippen molar-refractivity contribution in [2.24, 2.45) is 5.92 Å². The first-order chi connectivity index (χ1) is 6.95. The maximum atomic E-state index is 5.87. The van der Waals surface area contributed by atoms with Gasteiger partial charge < -0.3 is 10.1 Å². The van der Waals surface area contributed by atoms with E-state index in [0.29, 0.717) is 12.0 Å². The van der Waals surface area contributed by atoms with Crippen LogP contribution >= 0.6 is 0 Å². The van der Waals surface area contributed by atoms with E-state index < -0.39 is 0 Å². The summed E-state index contributed by atoms with van der Waals surface area (Å²) in [4.78, 5) is 0. The van der Waals surface area contributed by atoms with Crippen LogP contribution in [0.5, 0.6) is 0 Å². The van der Waals surface area contributed by atoms with Gasteiger partial charge in [0, 0.05) is 12.5 Å². The van der Waals surface area contributed by atoms with Gasteiger partial charge >= 0.3 is 0 Å². The average Bonchev–Trinajstić information content (AvgIpc) is 2.29. The quantitative estimate of drug-likeness (QED) is 0.622. The zero-order chi connectivity index (χ0) is 9.38. The van der Waals surface area contributed by atoms with Crippen molar-refractivity contribution < 1.29 is 4.74 Å². The van der Waals surface area contributed by atoms with E-state index in [1.165, 1.54) is 11.1 Å². The van der Waals surface area contributed by atoms with E-state index in [9.17, 15) is 0 Å². The molecule has 0 radical (unpaired) electrons. The SMILES string of the molecule is C1=CC2=C3CNCCC3OCC2C=C1. The molecule has 2 unspecified atom stereocenters. The minimum Gasteiger partial charge on any atom is -0.373 e. The van der Waals surface area contributed by atoms with Crippen LogP contribution in [0.4, 0.5) is 0 Å². The Morgan fingerprint density at radius 1 is 1.36 bits per heavy atom. The summed E-state index contributed by atoms with van der Waals surface area (Å²) in [6.45, 7) is 2.96. The second-order valence-corrected chi connectivity index (χ2v) is 4.12. The van der Waals surface area contributed by atoms with Crippen molar-refractivity contribution in [3.05, 3.63) is 35.5 Å². The molecule has 1 N–H and O–H groups in total. The van der Waals surface area contributed by atoms with E-state index in [-0.39, 0.29) is 0 Å². The normalized spacial score (nSPS) is 35.4. The fourth-order valence-electron chi connectivity index (χ4n) is 2.51. The summed E-state index contributed by atoms with van der Waals surface area (Å²) < 4.78 is 5.87. The molecular weight excluding hydrogens is 174 g/mol. The summed E-state index contributed by atoms with van der Waals surface area (Å²) >= 11 is 0. The Labute approximate surface area is 84.3 Å². The van der Waals surface area contributed by atoms with Gasteiger partial charge in [-0.1, -0.05) is 24.3 Å². The number of fused-ring (bicyclic) bond motifs is 2. The maximum Gasteiger partial charge on any atom is 0.0815 e. The number of hydrogen-bond donors (Lipinski definition) is 1. The Hall–Kier alpha value is -0.860. The highest BCUT2D eigenvalue weighted by Crippen LogP contribution is 2.32. The molecule has 3 rings (SSSR count). The molecule has 14 heavy (non-hydrogen) atoms. The van der Waals surface area contributed by atoms with Gasteiger partial charge in [-0.25, -0.2) is 0 Å². The Morgan fingerprint density at radius 3 is 3.36 bits per heavy atom. The lowest BCUT2D eigenvalue weighted by molar-refractivity contribution is 0.0398. The van der Waals surface area contributed by atoms with Crippen molar-refractivity contribution in [1.82, 2.24) is 5.32 Å². The molecule has 0 amide bonds. The summed E-state index contributed by atoms with van der Waals surface area (Å²) in [6.07, 6.45) is 10.3.